The molecule has 2 saturated heterocycles. The Labute approximate surface area is 199 Å². The summed E-state index contributed by atoms with van der Waals surface area (Å²) in [4.78, 5) is 28.8. The van der Waals surface area contributed by atoms with Crippen LogP contribution in [-0.2, 0) is 16.0 Å². The molecule has 7 nitrogen and oxygen atoms in total. The van der Waals surface area contributed by atoms with E-state index in [9.17, 15) is 9.59 Å². The number of amides is 2. The first-order valence-electron chi connectivity index (χ1n) is 12.0. The zero-order valence-electron chi connectivity index (χ0n) is 19.3. The second kappa shape index (κ2) is 10.3. The van der Waals surface area contributed by atoms with Crippen LogP contribution >= 0.6 is 0 Å². The van der Waals surface area contributed by atoms with Crippen LogP contribution in [0.15, 0.2) is 59.2 Å². The second-order valence-corrected chi connectivity index (χ2v) is 9.01. The van der Waals surface area contributed by atoms with E-state index in [-0.39, 0.29) is 17.7 Å². The highest BCUT2D eigenvalue weighted by Gasteiger charge is 2.25. The maximum atomic E-state index is 13.3. The lowest BCUT2D eigenvalue weighted by Crippen LogP contribution is -2.36. The molecule has 7 heteroatoms. The summed E-state index contributed by atoms with van der Waals surface area (Å²) in [5.74, 6) is 1.02. The van der Waals surface area contributed by atoms with Crippen LogP contribution in [-0.4, -0.2) is 67.6 Å². The van der Waals surface area contributed by atoms with Gasteiger partial charge in [0.05, 0.1) is 26.0 Å². The normalized spacial score (nSPS) is 18.9. The number of likely N-dealkylation sites (tertiary alicyclic amines) is 1. The van der Waals surface area contributed by atoms with Crippen molar-refractivity contribution in [1.29, 1.82) is 0 Å². The molecule has 5 rings (SSSR count). The minimum absolute atomic E-state index is 0.0165. The molecule has 2 aliphatic heterocycles. The molecule has 0 saturated carbocycles. The van der Waals surface area contributed by atoms with Crippen molar-refractivity contribution < 1.29 is 23.5 Å². The Hall–Kier alpha value is -3.32. The summed E-state index contributed by atoms with van der Waals surface area (Å²) in [7, 11) is 0. The van der Waals surface area contributed by atoms with Gasteiger partial charge in [0.1, 0.15) is 17.9 Å². The van der Waals surface area contributed by atoms with Crippen LogP contribution in [0, 0.1) is 5.92 Å². The number of carbonyl (C=O) groups is 2. The molecule has 34 heavy (non-hydrogen) atoms. The molecule has 1 aromatic heterocycles. The van der Waals surface area contributed by atoms with Crippen molar-refractivity contribution >= 4 is 22.8 Å². The summed E-state index contributed by atoms with van der Waals surface area (Å²) in [5.41, 5.74) is 2.69. The van der Waals surface area contributed by atoms with Crippen molar-refractivity contribution in [2.24, 2.45) is 5.92 Å². The molecule has 2 aromatic carbocycles. The van der Waals surface area contributed by atoms with Crippen LogP contribution in [0.5, 0.6) is 5.75 Å². The molecule has 0 bridgehead atoms. The number of hydrogen-bond donors (Lipinski definition) is 0. The molecule has 2 aliphatic rings. The first-order valence-corrected chi connectivity index (χ1v) is 12.0. The van der Waals surface area contributed by atoms with E-state index < -0.39 is 0 Å². The summed E-state index contributed by atoms with van der Waals surface area (Å²) >= 11 is 0. The summed E-state index contributed by atoms with van der Waals surface area (Å²) in [6.07, 6.45) is 4.08. The molecule has 1 unspecified atom stereocenters. The quantitative estimate of drug-likeness (QED) is 0.535. The zero-order valence-corrected chi connectivity index (χ0v) is 19.3. The SMILES string of the molecule is O=C1CCCN1CCOc1cccc(C(=O)N2CCOCC(Cc3cccc4occc34)C2)c1. The van der Waals surface area contributed by atoms with Gasteiger partial charge in [0, 0.05) is 42.9 Å². The summed E-state index contributed by atoms with van der Waals surface area (Å²) in [5, 5.41) is 1.12. The minimum atomic E-state index is -0.0165. The van der Waals surface area contributed by atoms with Gasteiger partial charge in [-0.05, 0) is 48.7 Å². The predicted octanol–water partition coefficient (Wildman–Crippen LogP) is 3.77. The largest absolute Gasteiger partial charge is 0.492 e. The molecule has 0 radical (unpaired) electrons. The molecule has 1 atom stereocenters. The zero-order chi connectivity index (χ0) is 23.3. The van der Waals surface area contributed by atoms with E-state index in [2.05, 4.69) is 6.07 Å². The first kappa shape index (κ1) is 22.5. The van der Waals surface area contributed by atoms with Crippen molar-refractivity contribution in [2.75, 3.05) is 46.0 Å². The third-order valence-electron chi connectivity index (χ3n) is 6.60. The van der Waals surface area contributed by atoms with Crippen molar-refractivity contribution in [3.05, 3.63) is 65.9 Å². The lowest BCUT2D eigenvalue weighted by molar-refractivity contribution is -0.128. The number of benzene rings is 2. The van der Waals surface area contributed by atoms with Gasteiger partial charge in [-0.2, -0.15) is 0 Å². The molecule has 178 valence electrons. The number of fused-ring (bicyclic) bond motifs is 1. The maximum Gasteiger partial charge on any atom is 0.254 e. The van der Waals surface area contributed by atoms with Crippen LogP contribution in [0.3, 0.4) is 0 Å². The van der Waals surface area contributed by atoms with Gasteiger partial charge in [0.2, 0.25) is 5.91 Å². The molecule has 0 aliphatic carbocycles. The number of rotatable bonds is 7. The van der Waals surface area contributed by atoms with Crippen LogP contribution in [0.4, 0.5) is 0 Å². The van der Waals surface area contributed by atoms with Crippen LogP contribution in [0.1, 0.15) is 28.8 Å². The molecule has 3 heterocycles. The predicted molar refractivity (Wildman–Crippen MR) is 128 cm³/mol. The van der Waals surface area contributed by atoms with Gasteiger partial charge in [-0.1, -0.05) is 18.2 Å². The van der Waals surface area contributed by atoms with Gasteiger partial charge in [-0.25, -0.2) is 0 Å². The number of carbonyl (C=O) groups excluding carboxylic acids is 2. The molecule has 2 amide bonds. The molecule has 2 fully saturated rings. The Balaban J connectivity index is 1.22. The lowest BCUT2D eigenvalue weighted by atomic mass is 9.97. The van der Waals surface area contributed by atoms with Gasteiger partial charge in [-0.3, -0.25) is 9.59 Å². The molecular weight excluding hydrogens is 432 g/mol. The Bertz CT molecular complexity index is 1160. The monoisotopic (exact) mass is 462 g/mol. The third-order valence-corrected chi connectivity index (χ3v) is 6.60. The van der Waals surface area contributed by atoms with E-state index in [0.717, 1.165) is 30.4 Å². The van der Waals surface area contributed by atoms with E-state index in [1.54, 1.807) is 12.3 Å². The Morgan fingerprint density at radius 1 is 1.12 bits per heavy atom. The average Bonchev–Trinajstić information content (AvgIpc) is 3.43. The third kappa shape index (κ3) is 5.09. The van der Waals surface area contributed by atoms with E-state index >= 15 is 0 Å². The number of nitrogens with zero attached hydrogens (tertiary/aromatic N) is 2. The fraction of sp³-hybridized carbons (Fsp3) is 0.407. The van der Waals surface area contributed by atoms with Crippen molar-refractivity contribution in [3.8, 4) is 5.75 Å². The van der Waals surface area contributed by atoms with Crippen molar-refractivity contribution in [2.45, 2.75) is 19.3 Å². The Morgan fingerprint density at radius 2 is 2.03 bits per heavy atom. The fourth-order valence-electron chi connectivity index (χ4n) is 4.85. The minimum Gasteiger partial charge on any atom is -0.492 e. The first-order chi connectivity index (χ1) is 16.7. The van der Waals surface area contributed by atoms with Gasteiger partial charge < -0.3 is 23.7 Å². The van der Waals surface area contributed by atoms with Crippen LogP contribution in [0.2, 0.25) is 0 Å². The molecular formula is C27H30N2O5. The standard InChI is InChI=1S/C27H30N2O5/c30-26-8-3-10-28(26)12-15-33-23-6-1-5-22(17-23)27(31)29-11-14-32-19-20(18-29)16-21-4-2-7-25-24(21)9-13-34-25/h1-2,4-7,9,13,17,20H,3,8,10-12,14-16,18-19H2. The Morgan fingerprint density at radius 3 is 2.91 bits per heavy atom. The van der Waals surface area contributed by atoms with Gasteiger partial charge >= 0.3 is 0 Å². The second-order valence-electron chi connectivity index (χ2n) is 9.01. The summed E-state index contributed by atoms with van der Waals surface area (Å²) in [6, 6.07) is 15.4. The van der Waals surface area contributed by atoms with Gasteiger partial charge in [-0.15, -0.1) is 0 Å². The summed E-state index contributed by atoms with van der Waals surface area (Å²) in [6.45, 7) is 4.14. The maximum absolute atomic E-state index is 13.3. The van der Waals surface area contributed by atoms with E-state index in [0.29, 0.717) is 57.2 Å². The van der Waals surface area contributed by atoms with Crippen molar-refractivity contribution in [1.82, 2.24) is 9.80 Å². The highest BCUT2D eigenvalue weighted by atomic mass is 16.5. The number of ether oxygens (including phenoxy) is 2. The summed E-state index contributed by atoms with van der Waals surface area (Å²) < 4.78 is 17.2. The smallest absolute Gasteiger partial charge is 0.254 e. The number of furan rings is 1. The Kier molecular flexibility index (Phi) is 6.81. The van der Waals surface area contributed by atoms with E-state index in [1.165, 1.54) is 5.56 Å². The highest BCUT2D eigenvalue weighted by Crippen LogP contribution is 2.24. The lowest BCUT2D eigenvalue weighted by Gasteiger charge is -2.24. The van der Waals surface area contributed by atoms with Crippen LogP contribution < -0.4 is 4.74 Å². The average molecular weight is 463 g/mol. The molecule has 0 N–H and O–H groups in total. The highest BCUT2D eigenvalue weighted by molar-refractivity contribution is 5.94. The van der Waals surface area contributed by atoms with E-state index in [1.807, 2.05) is 46.2 Å². The molecule has 3 aromatic rings. The molecule has 0 spiro atoms. The number of hydrogen-bond acceptors (Lipinski definition) is 5. The van der Waals surface area contributed by atoms with Gasteiger partial charge in [0.25, 0.3) is 5.91 Å². The van der Waals surface area contributed by atoms with E-state index in [4.69, 9.17) is 13.9 Å². The fourth-order valence-corrected chi connectivity index (χ4v) is 4.85. The van der Waals surface area contributed by atoms with Gasteiger partial charge in [0.15, 0.2) is 0 Å². The van der Waals surface area contributed by atoms with Crippen molar-refractivity contribution in [3.63, 3.8) is 0 Å². The van der Waals surface area contributed by atoms with Crippen LogP contribution in [0.25, 0.3) is 11.0 Å². The topological polar surface area (TPSA) is 72.2 Å².